The number of halogens is 2. The maximum atomic E-state index is 12.9. The second kappa shape index (κ2) is 5.95. The summed E-state index contributed by atoms with van der Waals surface area (Å²) < 4.78 is 25.8. The van der Waals surface area contributed by atoms with Crippen LogP contribution in [-0.2, 0) is 6.54 Å². The third-order valence-electron chi connectivity index (χ3n) is 2.42. The fraction of sp³-hybridized carbons (Fsp3) is 0.0714. The average molecular weight is 262 g/mol. The Labute approximate surface area is 109 Å². The Morgan fingerprint density at radius 3 is 2.26 bits per heavy atom. The number of urea groups is 1. The molecule has 0 atom stereocenters. The van der Waals surface area contributed by atoms with Gasteiger partial charge in [0.25, 0.3) is 0 Å². The first-order valence-electron chi connectivity index (χ1n) is 5.68. The van der Waals surface area contributed by atoms with Crippen LogP contribution >= 0.6 is 0 Å². The normalized spacial score (nSPS) is 10.0. The predicted octanol–water partition coefficient (Wildman–Crippen LogP) is 3.29. The van der Waals surface area contributed by atoms with Crippen LogP contribution in [0.3, 0.4) is 0 Å². The molecule has 0 unspecified atom stereocenters. The minimum atomic E-state index is -0.738. The van der Waals surface area contributed by atoms with Crippen molar-refractivity contribution < 1.29 is 13.6 Å². The minimum absolute atomic E-state index is 0.0723. The van der Waals surface area contributed by atoms with Crippen LogP contribution in [-0.4, -0.2) is 6.03 Å². The van der Waals surface area contributed by atoms with Crippen molar-refractivity contribution in [3.8, 4) is 0 Å². The molecule has 0 fully saturated rings. The van der Waals surface area contributed by atoms with E-state index >= 15 is 0 Å². The Morgan fingerprint density at radius 2 is 1.63 bits per heavy atom. The van der Waals surface area contributed by atoms with Crippen LogP contribution in [0.5, 0.6) is 0 Å². The zero-order valence-corrected chi connectivity index (χ0v) is 9.99. The van der Waals surface area contributed by atoms with E-state index in [1.165, 1.54) is 0 Å². The summed E-state index contributed by atoms with van der Waals surface area (Å²) in [5.74, 6) is -1.48. The van der Waals surface area contributed by atoms with Gasteiger partial charge in [-0.25, -0.2) is 13.6 Å². The van der Waals surface area contributed by atoms with Crippen LogP contribution in [0, 0.1) is 11.6 Å². The van der Waals surface area contributed by atoms with Gasteiger partial charge in [-0.05, 0) is 17.7 Å². The van der Waals surface area contributed by atoms with Crippen LogP contribution in [0.4, 0.5) is 19.3 Å². The second-order valence-corrected chi connectivity index (χ2v) is 3.95. The summed E-state index contributed by atoms with van der Waals surface area (Å²) in [5, 5.41) is 4.96. The van der Waals surface area contributed by atoms with Crippen molar-refractivity contribution in [2.45, 2.75) is 6.54 Å². The molecule has 2 rings (SSSR count). The van der Waals surface area contributed by atoms with Crippen LogP contribution < -0.4 is 10.6 Å². The summed E-state index contributed by atoms with van der Waals surface area (Å²) >= 11 is 0. The van der Waals surface area contributed by atoms with Gasteiger partial charge < -0.3 is 10.6 Å². The molecule has 98 valence electrons. The summed E-state index contributed by atoms with van der Waals surface area (Å²) in [7, 11) is 0. The van der Waals surface area contributed by atoms with Gasteiger partial charge in [0.15, 0.2) is 0 Å². The molecule has 2 amide bonds. The van der Waals surface area contributed by atoms with Crippen molar-refractivity contribution in [3.63, 3.8) is 0 Å². The van der Waals surface area contributed by atoms with E-state index in [-0.39, 0.29) is 5.69 Å². The molecule has 0 aliphatic rings. The molecule has 0 saturated carbocycles. The molecule has 0 heterocycles. The molecule has 0 aromatic heterocycles. The van der Waals surface area contributed by atoms with Gasteiger partial charge in [0.05, 0.1) is 0 Å². The highest BCUT2D eigenvalue weighted by atomic mass is 19.1. The monoisotopic (exact) mass is 262 g/mol. The summed E-state index contributed by atoms with van der Waals surface area (Å²) in [6.07, 6.45) is 0. The quantitative estimate of drug-likeness (QED) is 0.875. The van der Waals surface area contributed by atoms with Crippen LogP contribution in [0.15, 0.2) is 48.5 Å². The number of carbonyl (C=O) groups excluding carboxylic acids is 1. The van der Waals surface area contributed by atoms with Crippen molar-refractivity contribution >= 4 is 11.7 Å². The molecule has 0 saturated heterocycles. The highest BCUT2D eigenvalue weighted by molar-refractivity contribution is 5.89. The number of anilines is 1. The summed E-state index contributed by atoms with van der Waals surface area (Å²) in [5.41, 5.74) is 1.01. The van der Waals surface area contributed by atoms with Crippen molar-refractivity contribution in [2.75, 3.05) is 5.32 Å². The first kappa shape index (κ1) is 13.0. The number of benzene rings is 2. The third kappa shape index (κ3) is 4.06. The van der Waals surface area contributed by atoms with Gasteiger partial charge >= 0.3 is 6.03 Å². The Morgan fingerprint density at radius 1 is 1.00 bits per heavy atom. The van der Waals surface area contributed by atoms with E-state index in [9.17, 15) is 13.6 Å². The first-order valence-corrected chi connectivity index (χ1v) is 5.68. The van der Waals surface area contributed by atoms with Crippen molar-refractivity contribution in [1.29, 1.82) is 0 Å². The summed E-state index contributed by atoms with van der Waals surface area (Å²) in [6, 6.07) is 11.6. The first-order chi connectivity index (χ1) is 9.13. The van der Waals surface area contributed by atoms with E-state index < -0.39 is 17.7 Å². The number of hydrogen-bond acceptors (Lipinski definition) is 1. The third-order valence-corrected chi connectivity index (χ3v) is 2.42. The van der Waals surface area contributed by atoms with Gasteiger partial charge in [-0.1, -0.05) is 30.3 Å². The van der Waals surface area contributed by atoms with Gasteiger partial charge in [0.2, 0.25) is 0 Å². The van der Waals surface area contributed by atoms with Crippen molar-refractivity contribution in [3.05, 3.63) is 65.7 Å². The zero-order valence-electron chi connectivity index (χ0n) is 9.99. The maximum Gasteiger partial charge on any atom is 0.319 e. The topological polar surface area (TPSA) is 41.1 Å². The molecule has 2 aromatic rings. The Hall–Kier alpha value is -2.43. The average Bonchev–Trinajstić information content (AvgIpc) is 2.36. The van der Waals surface area contributed by atoms with Gasteiger partial charge in [0, 0.05) is 18.3 Å². The Balaban J connectivity index is 1.91. The molecule has 0 radical (unpaired) electrons. The smallest absolute Gasteiger partial charge is 0.319 e. The predicted molar refractivity (Wildman–Crippen MR) is 68.7 cm³/mol. The number of amides is 2. The Kier molecular flexibility index (Phi) is 4.07. The number of nitrogens with one attached hydrogen (secondary N) is 2. The summed E-state index contributed by atoms with van der Waals surface area (Å²) in [6.45, 7) is 0.338. The van der Waals surface area contributed by atoms with Gasteiger partial charge in [-0.3, -0.25) is 0 Å². The number of hydrogen-bond donors (Lipinski definition) is 2. The standard InChI is InChI=1S/C14H12F2N2O/c15-11-6-12(16)8-13(7-11)18-14(19)17-9-10-4-2-1-3-5-10/h1-8H,9H2,(H2,17,18,19). The lowest BCUT2D eigenvalue weighted by atomic mass is 10.2. The fourth-order valence-electron chi connectivity index (χ4n) is 1.58. The maximum absolute atomic E-state index is 12.9. The fourth-order valence-corrected chi connectivity index (χ4v) is 1.58. The van der Waals surface area contributed by atoms with Crippen molar-refractivity contribution in [2.24, 2.45) is 0 Å². The summed E-state index contributed by atoms with van der Waals surface area (Å²) in [4.78, 5) is 11.5. The molecule has 3 nitrogen and oxygen atoms in total. The molecular formula is C14H12F2N2O. The molecule has 2 N–H and O–H groups in total. The lowest BCUT2D eigenvalue weighted by Crippen LogP contribution is -2.28. The molecular weight excluding hydrogens is 250 g/mol. The van der Waals surface area contributed by atoms with Crippen LogP contribution in [0.25, 0.3) is 0 Å². The highest BCUT2D eigenvalue weighted by Gasteiger charge is 2.04. The van der Waals surface area contributed by atoms with E-state index in [0.717, 1.165) is 23.8 Å². The van der Waals surface area contributed by atoms with E-state index in [1.807, 2.05) is 30.3 Å². The van der Waals surface area contributed by atoms with Crippen LogP contribution in [0.2, 0.25) is 0 Å². The van der Waals surface area contributed by atoms with E-state index in [0.29, 0.717) is 6.54 Å². The lowest BCUT2D eigenvalue weighted by Gasteiger charge is -2.08. The molecule has 0 spiro atoms. The van der Waals surface area contributed by atoms with Gasteiger partial charge in [0.1, 0.15) is 11.6 Å². The van der Waals surface area contributed by atoms with Crippen LogP contribution in [0.1, 0.15) is 5.56 Å². The molecule has 0 aliphatic heterocycles. The highest BCUT2D eigenvalue weighted by Crippen LogP contribution is 2.12. The molecule has 0 aliphatic carbocycles. The van der Waals surface area contributed by atoms with E-state index in [2.05, 4.69) is 10.6 Å². The largest absolute Gasteiger partial charge is 0.334 e. The Bertz CT molecular complexity index is 553. The van der Waals surface area contributed by atoms with E-state index in [1.54, 1.807) is 0 Å². The van der Waals surface area contributed by atoms with Crippen molar-refractivity contribution in [1.82, 2.24) is 5.32 Å². The molecule has 5 heteroatoms. The SMILES string of the molecule is O=C(NCc1ccccc1)Nc1cc(F)cc(F)c1. The second-order valence-electron chi connectivity index (χ2n) is 3.95. The van der Waals surface area contributed by atoms with Gasteiger partial charge in [-0.2, -0.15) is 0 Å². The molecule has 19 heavy (non-hydrogen) atoms. The number of rotatable bonds is 3. The molecule has 2 aromatic carbocycles. The van der Waals surface area contributed by atoms with E-state index in [4.69, 9.17) is 0 Å². The molecule has 0 bridgehead atoms. The number of carbonyl (C=O) groups is 1. The zero-order chi connectivity index (χ0) is 13.7. The lowest BCUT2D eigenvalue weighted by molar-refractivity contribution is 0.251. The minimum Gasteiger partial charge on any atom is -0.334 e. The van der Waals surface area contributed by atoms with Gasteiger partial charge in [-0.15, -0.1) is 0 Å².